The fourth-order valence-corrected chi connectivity index (χ4v) is 19.4. The summed E-state index contributed by atoms with van der Waals surface area (Å²) in [4.78, 5) is 33.0. The molecule has 0 unspecified atom stereocenters. The number of hydrogen-bond donors (Lipinski definition) is 0. The molecule has 27 aromatic rings. The second-order valence-corrected chi connectivity index (χ2v) is 35.3. The fraction of sp³-hybridized carbons (Fsp3) is 0.0692. The number of aromatic nitrogens is 14. The highest BCUT2D eigenvalue weighted by Crippen LogP contribution is 2.45. The van der Waals surface area contributed by atoms with E-state index in [2.05, 4.69) is 424 Å². The summed E-state index contributed by atoms with van der Waals surface area (Å²) in [7, 11) is 0. The molecule has 8 heterocycles. The number of oxazole rings is 1. The van der Waals surface area contributed by atoms with E-state index in [1.54, 1.807) is 23.7 Å². The van der Waals surface area contributed by atoms with Gasteiger partial charge in [0.2, 0.25) is 0 Å². The van der Waals surface area contributed by atoms with Gasteiger partial charge in [-0.1, -0.05) is 386 Å². The number of hydrogen-bond acceptors (Lipinski definition) is 11. The van der Waals surface area contributed by atoms with E-state index in [9.17, 15) is 0 Å². The van der Waals surface area contributed by atoms with Crippen molar-refractivity contribution >= 4 is 109 Å². The van der Waals surface area contributed by atoms with Crippen LogP contribution in [0.5, 0.6) is 0 Å². The van der Waals surface area contributed by atoms with Crippen LogP contribution in [0, 0.1) is 34.6 Å². The zero-order valence-corrected chi connectivity index (χ0v) is 83.7. The van der Waals surface area contributed by atoms with E-state index >= 15 is 0 Å². The Morgan fingerprint density at radius 3 is 0.993 bits per heavy atom. The maximum Gasteiger partial charge on any atom is 0.192 e. The van der Waals surface area contributed by atoms with Crippen LogP contribution in [0.25, 0.3) is 194 Å². The Balaban J connectivity index is 0.000000111. The molecule has 0 N–H and O–H groups in total. The van der Waals surface area contributed by atoms with Crippen molar-refractivity contribution in [1.29, 1.82) is 0 Å². The summed E-state index contributed by atoms with van der Waals surface area (Å²) in [6.45, 7) is 18.0. The zero-order valence-electron chi connectivity index (χ0n) is 82.8. The molecule has 0 amide bonds. The maximum atomic E-state index is 5.47. The lowest BCUT2D eigenvalue weighted by Crippen LogP contribution is -2.01. The van der Waals surface area contributed by atoms with Gasteiger partial charge in [0, 0.05) is 68.7 Å². The van der Waals surface area contributed by atoms with E-state index < -0.39 is 0 Å². The Kier molecular flexibility index (Phi) is 30.2. The highest BCUT2D eigenvalue weighted by molar-refractivity contribution is 7.18. The van der Waals surface area contributed by atoms with Gasteiger partial charge >= 0.3 is 0 Å². The van der Waals surface area contributed by atoms with Gasteiger partial charge in [0.05, 0.1) is 78.0 Å². The number of aryl methyl sites for hydroxylation is 5. The Labute approximate surface area is 853 Å². The predicted octanol–water partition coefficient (Wildman–Crippen LogP) is 33.9. The standard InChI is InChI=1S/C35H24N2.C27H18N2.C22H18N2.C14H12N2.C12H10N4.C8H7NO.C8H7NS.2C2H6/c1-4-14-25(15-5-1)33-34(26-16-6-2-7-17-26)37(29-20-8-3-9-21-29)35(36-33)32-30-22-12-10-18-27(30)24-28-19-11-13-23-31(28)32;1-2-12-21(13-3-1)29-25-17-9-8-16-24(25)28-27(29)26-22-14-6-4-10-19(22)18-20-11-5-7-15-23(20)26;1-17-23-21(18-11-5-2-6-12-18)22(19-13-7-3-8-14-19)24(17)20-15-9-4-10-16-20;1-11-15-13-9-5-6-10-14(13)16(11)12-7-3-2-4-8-12;1-9-15-11-7-13-14-8-12(11)16(9)10-5-3-2-4-6-10;2*1-6-9-7-4-2-3-5-8(7)10-6;2*1-2/h1-24H;1-18H;2-16H,1H3;2-10H,1H3;2-8H,1H3;2*2-5H,1H3;2*1-2H3. The van der Waals surface area contributed by atoms with Crippen molar-refractivity contribution < 1.29 is 4.42 Å². The molecule has 0 saturated heterocycles. The van der Waals surface area contributed by atoms with Gasteiger partial charge in [0.1, 0.15) is 40.2 Å². The van der Waals surface area contributed by atoms with Crippen LogP contribution < -0.4 is 0 Å². The highest BCUT2D eigenvalue weighted by Gasteiger charge is 2.27. The summed E-state index contributed by atoms with van der Waals surface area (Å²) in [5.74, 6) is 5.59. The molecule has 0 spiro atoms. The smallest absolute Gasteiger partial charge is 0.192 e. The number of thiazole rings is 1. The minimum Gasteiger partial charge on any atom is -0.441 e. The number of fused-ring (bicyclic) bond motifs is 9. The van der Waals surface area contributed by atoms with Gasteiger partial charge in [-0.3, -0.25) is 22.8 Å². The third-order valence-electron chi connectivity index (χ3n) is 24.8. The fourth-order valence-electron chi connectivity index (χ4n) is 18.6. The molecule has 0 bridgehead atoms. The topological polar surface area (TPSA) is 154 Å². The molecule has 0 aliphatic rings. The average molecular weight is 1910 g/mol. The molecule has 0 saturated carbocycles. The number of imidazole rings is 5. The van der Waals surface area contributed by atoms with Crippen molar-refractivity contribution in [1.82, 2.24) is 67.9 Å². The number of nitrogens with zero attached hydrogens (tertiary/aromatic N) is 14. The van der Waals surface area contributed by atoms with E-state index in [1.165, 1.54) is 58.9 Å². The normalized spacial score (nSPS) is 10.8. The first kappa shape index (κ1) is 96.4. The molecule has 0 aliphatic carbocycles. The molecule has 0 fully saturated rings. The molecule has 0 radical (unpaired) electrons. The number of para-hydroxylation sites is 12. The number of benzene rings is 19. The van der Waals surface area contributed by atoms with Crippen molar-refractivity contribution in [3.8, 4) is 96.2 Å². The Morgan fingerprint density at radius 1 is 0.226 bits per heavy atom. The largest absolute Gasteiger partial charge is 0.441 e. The SMILES string of the molecule is CC.CC.Cc1nc(-c2ccccc2)c(-c2ccccc2)n1-c1ccccc1.Cc1nc2ccccc2n1-c1ccccc1.Cc1nc2ccccc2o1.Cc1nc2ccccc2s1.Cc1nc2cnncc2n1-c1ccccc1.c1ccc(-c2nc(-c3c4ccccc4cc4ccccc34)n(-c3ccccc3)c2-c2ccccc2)cc1.c1ccc(-n2c(-c3c4ccccc4cc4ccccc34)nc3ccccc32)cc1. The van der Waals surface area contributed by atoms with Gasteiger partial charge in [-0.25, -0.2) is 34.9 Å². The molecule has 16 heteroatoms. The summed E-state index contributed by atoms with van der Waals surface area (Å²) >= 11 is 1.74. The molecule has 0 aliphatic heterocycles. The van der Waals surface area contributed by atoms with Gasteiger partial charge in [0.25, 0.3) is 0 Å². The first-order chi connectivity index (χ1) is 72.1. The lowest BCUT2D eigenvalue weighted by atomic mass is 9.96. The molecular formula is C130H108N14OS. The van der Waals surface area contributed by atoms with E-state index in [1.807, 2.05) is 171 Å². The van der Waals surface area contributed by atoms with Gasteiger partial charge in [-0.05, 0) is 192 Å². The highest BCUT2D eigenvalue weighted by atomic mass is 32.1. The van der Waals surface area contributed by atoms with E-state index in [0.717, 1.165) is 163 Å². The lowest BCUT2D eigenvalue weighted by molar-refractivity contribution is 0.561. The van der Waals surface area contributed by atoms with E-state index in [4.69, 9.17) is 19.4 Å². The molecule has 710 valence electrons. The van der Waals surface area contributed by atoms with Crippen LogP contribution >= 0.6 is 11.3 Å². The third-order valence-corrected chi connectivity index (χ3v) is 25.8. The summed E-state index contributed by atoms with van der Waals surface area (Å²) in [5, 5.41) is 18.6. The molecular weight excluding hydrogens is 1810 g/mol. The molecule has 146 heavy (non-hydrogen) atoms. The Hall–Kier alpha value is -18.5. The predicted molar refractivity (Wildman–Crippen MR) is 609 cm³/mol. The second-order valence-electron chi connectivity index (χ2n) is 34.1. The van der Waals surface area contributed by atoms with Crippen molar-refractivity contribution in [3.05, 3.63) is 520 Å². The van der Waals surface area contributed by atoms with Gasteiger partial charge in [0.15, 0.2) is 11.5 Å². The van der Waals surface area contributed by atoms with E-state index in [-0.39, 0.29) is 0 Å². The van der Waals surface area contributed by atoms with Crippen LogP contribution in [0.2, 0.25) is 0 Å². The van der Waals surface area contributed by atoms with Crippen LogP contribution in [-0.4, -0.2) is 67.9 Å². The lowest BCUT2D eigenvalue weighted by Gasteiger charge is -2.16. The van der Waals surface area contributed by atoms with Gasteiger partial charge in [-0.15, -0.1) is 11.3 Å². The van der Waals surface area contributed by atoms with Gasteiger partial charge < -0.3 is 4.42 Å². The molecule has 15 nitrogen and oxygen atoms in total. The van der Waals surface area contributed by atoms with Crippen LogP contribution in [0.15, 0.2) is 496 Å². The van der Waals surface area contributed by atoms with Crippen molar-refractivity contribution in [2.24, 2.45) is 0 Å². The summed E-state index contributed by atoms with van der Waals surface area (Å²) in [5.41, 5.74) is 25.7. The Morgan fingerprint density at radius 2 is 0.541 bits per heavy atom. The van der Waals surface area contributed by atoms with Crippen LogP contribution in [-0.2, 0) is 0 Å². The van der Waals surface area contributed by atoms with Crippen molar-refractivity contribution in [2.75, 3.05) is 0 Å². The number of rotatable bonds is 11. The van der Waals surface area contributed by atoms with Crippen molar-refractivity contribution in [3.63, 3.8) is 0 Å². The minimum atomic E-state index is 0.723. The van der Waals surface area contributed by atoms with Crippen LogP contribution in [0.4, 0.5) is 0 Å². The first-order valence-electron chi connectivity index (χ1n) is 49.3. The summed E-state index contributed by atoms with van der Waals surface area (Å²) < 4.78 is 17.6. The average Bonchev–Trinajstić information content (AvgIpc) is 1.55. The van der Waals surface area contributed by atoms with Gasteiger partial charge in [-0.2, -0.15) is 10.2 Å². The monoisotopic (exact) mass is 1910 g/mol. The van der Waals surface area contributed by atoms with Crippen LogP contribution in [0.3, 0.4) is 0 Å². The van der Waals surface area contributed by atoms with E-state index in [0.29, 0.717) is 0 Å². The second kappa shape index (κ2) is 45.8. The third kappa shape index (κ3) is 21.0. The van der Waals surface area contributed by atoms with Crippen LogP contribution in [0.1, 0.15) is 56.1 Å². The Bertz CT molecular complexity index is 8660. The molecule has 8 aromatic heterocycles. The quantitative estimate of drug-likeness (QED) is 0.114. The summed E-state index contributed by atoms with van der Waals surface area (Å²) in [6.07, 6.45) is 3.42. The van der Waals surface area contributed by atoms with Crippen molar-refractivity contribution in [2.45, 2.75) is 62.3 Å². The first-order valence-corrected chi connectivity index (χ1v) is 50.1. The molecule has 27 rings (SSSR count). The summed E-state index contributed by atoms with van der Waals surface area (Å²) in [6, 6.07) is 165. The zero-order chi connectivity index (χ0) is 100. The minimum absolute atomic E-state index is 0.723. The molecule has 19 aromatic carbocycles. The maximum absolute atomic E-state index is 5.47. The molecule has 0 atom stereocenters.